The first kappa shape index (κ1) is 21.1. The molecule has 0 bridgehead atoms. The zero-order chi connectivity index (χ0) is 23.5. The van der Waals surface area contributed by atoms with Crippen molar-refractivity contribution < 1.29 is 14.4 Å². The average molecular weight is 437 g/mol. The molecule has 0 saturated carbocycles. The minimum atomic E-state index is -1.48. The number of benzene rings is 2. The molecule has 2 aromatic carbocycles. The van der Waals surface area contributed by atoms with Crippen LogP contribution >= 0.6 is 0 Å². The second-order valence-corrected chi connectivity index (χ2v) is 9.97. The number of Topliss-reactive ketones (excluding diaryl/α,β-unsaturated/α-hetero) is 3. The smallest absolute Gasteiger partial charge is 0.180 e. The lowest BCUT2D eigenvalue weighted by molar-refractivity contribution is -0.130. The van der Waals surface area contributed by atoms with Crippen LogP contribution in [0.2, 0.25) is 0 Å². The summed E-state index contributed by atoms with van der Waals surface area (Å²) in [5.74, 6) is -1.27. The molecule has 0 amide bonds. The highest BCUT2D eigenvalue weighted by Crippen LogP contribution is 2.59. The maximum Gasteiger partial charge on any atom is 0.180 e. The van der Waals surface area contributed by atoms with Crippen LogP contribution in [0.25, 0.3) is 0 Å². The molecule has 5 nitrogen and oxygen atoms in total. The quantitative estimate of drug-likeness (QED) is 0.649. The Morgan fingerprint density at radius 1 is 0.970 bits per heavy atom. The van der Waals surface area contributed by atoms with Crippen molar-refractivity contribution in [1.82, 2.24) is 4.90 Å². The van der Waals surface area contributed by atoms with E-state index in [0.29, 0.717) is 16.7 Å². The van der Waals surface area contributed by atoms with Gasteiger partial charge in [0.25, 0.3) is 0 Å². The molecule has 2 aromatic rings. The molecule has 33 heavy (non-hydrogen) atoms. The molecule has 0 radical (unpaired) electrons. The second-order valence-electron chi connectivity index (χ2n) is 9.97. The number of carbonyl (C=O) groups excluding carboxylic acids is 3. The zero-order valence-electron chi connectivity index (χ0n) is 18.8. The van der Waals surface area contributed by atoms with Gasteiger partial charge in [0, 0.05) is 28.7 Å². The van der Waals surface area contributed by atoms with E-state index in [-0.39, 0.29) is 17.3 Å². The summed E-state index contributed by atoms with van der Waals surface area (Å²) in [7, 11) is 0. The predicted molar refractivity (Wildman–Crippen MR) is 123 cm³/mol. The van der Waals surface area contributed by atoms with Crippen molar-refractivity contribution >= 4 is 17.3 Å². The van der Waals surface area contributed by atoms with Gasteiger partial charge in [-0.05, 0) is 11.6 Å². The maximum atomic E-state index is 14.2. The lowest BCUT2D eigenvalue weighted by atomic mass is 9.63. The molecule has 0 aromatic heterocycles. The summed E-state index contributed by atoms with van der Waals surface area (Å²) in [5.41, 5.74) is -0.245. The lowest BCUT2D eigenvalue weighted by Crippen LogP contribution is -2.47. The van der Waals surface area contributed by atoms with Gasteiger partial charge in [0.1, 0.15) is 11.5 Å². The summed E-state index contributed by atoms with van der Waals surface area (Å²) >= 11 is 0. The van der Waals surface area contributed by atoms with Gasteiger partial charge in [-0.25, -0.2) is 0 Å². The van der Waals surface area contributed by atoms with Gasteiger partial charge in [-0.2, -0.15) is 5.26 Å². The molecular formula is C28H24N2O3. The van der Waals surface area contributed by atoms with Crippen LogP contribution in [0.15, 0.2) is 78.5 Å². The Labute approximate surface area is 193 Å². The molecule has 164 valence electrons. The molecule has 2 heterocycles. The first-order chi connectivity index (χ1) is 15.7. The van der Waals surface area contributed by atoms with Crippen molar-refractivity contribution in [2.45, 2.75) is 38.8 Å². The molecular weight excluding hydrogens is 412 g/mol. The highest BCUT2D eigenvalue weighted by molar-refractivity contribution is 6.31. The fourth-order valence-corrected chi connectivity index (χ4v) is 5.70. The maximum absolute atomic E-state index is 14.2. The highest BCUT2D eigenvalue weighted by Gasteiger charge is 2.71. The molecule has 0 N–H and O–H groups in total. The first-order valence-corrected chi connectivity index (χ1v) is 11.1. The van der Waals surface area contributed by atoms with Crippen molar-refractivity contribution in [3.63, 3.8) is 0 Å². The molecule has 3 atom stereocenters. The zero-order valence-corrected chi connectivity index (χ0v) is 18.8. The van der Waals surface area contributed by atoms with E-state index in [9.17, 15) is 19.6 Å². The van der Waals surface area contributed by atoms with Gasteiger partial charge in [-0.1, -0.05) is 81.4 Å². The van der Waals surface area contributed by atoms with Crippen LogP contribution in [0.5, 0.6) is 0 Å². The summed E-state index contributed by atoms with van der Waals surface area (Å²) < 4.78 is 0. The van der Waals surface area contributed by atoms with E-state index in [4.69, 9.17) is 0 Å². The van der Waals surface area contributed by atoms with Gasteiger partial charge < -0.3 is 4.90 Å². The third-order valence-electron chi connectivity index (χ3n) is 7.12. The minimum absolute atomic E-state index is 0.0707. The summed E-state index contributed by atoms with van der Waals surface area (Å²) in [6, 6.07) is 17.0. The van der Waals surface area contributed by atoms with Crippen LogP contribution in [-0.2, 0) is 4.79 Å². The highest BCUT2D eigenvalue weighted by atomic mass is 16.2. The topological polar surface area (TPSA) is 78.2 Å². The van der Waals surface area contributed by atoms with E-state index in [1.165, 1.54) is 0 Å². The summed E-state index contributed by atoms with van der Waals surface area (Å²) in [6.45, 7) is 5.54. The van der Waals surface area contributed by atoms with Crippen LogP contribution in [0.4, 0.5) is 0 Å². The first-order valence-electron chi connectivity index (χ1n) is 11.1. The Morgan fingerprint density at radius 3 is 2.09 bits per heavy atom. The number of nitriles is 1. The third-order valence-corrected chi connectivity index (χ3v) is 7.12. The van der Waals surface area contributed by atoms with E-state index in [1.54, 1.807) is 47.5 Å². The van der Waals surface area contributed by atoms with Crippen molar-refractivity contribution in [1.29, 1.82) is 5.26 Å². The Hall–Kier alpha value is -3.78. The van der Waals surface area contributed by atoms with Crippen LogP contribution in [0, 0.1) is 22.2 Å². The van der Waals surface area contributed by atoms with Gasteiger partial charge in [0.2, 0.25) is 0 Å². The number of allylic oxidation sites excluding steroid dienone is 2. The fraction of sp³-hybridized carbons (Fsp3) is 0.286. The van der Waals surface area contributed by atoms with Crippen molar-refractivity contribution in [3.05, 3.63) is 95.2 Å². The standard InChI is InChI=1S/C28H24N2O3/c1-27(2,3)26(33)23-22(18-9-5-4-6-10-18)28(21-14-13-17(15-29)16-30(21)23)24(31)19-11-7-8-12-20(19)25(28)32/h4-14,16,21-23H,1-3H3/t21-,22-,23+/m0/s1. The number of nitrogens with zero attached hydrogens (tertiary/aromatic N) is 2. The van der Waals surface area contributed by atoms with Crippen molar-refractivity contribution in [2.75, 3.05) is 0 Å². The summed E-state index contributed by atoms with van der Waals surface area (Å²) in [5, 5.41) is 9.57. The van der Waals surface area contributed by atoms with Gasteiger partial charge >= 0.3 is 0 Å². The number of ketones is 3. The Bertz CT molecular complexity index is 1260. The van der Waals surface area contributed by atoms with E-state index in [2.05, 4.69) is 6.07 Å². The number of rotatable bonds is 2. The van der Waals surface area contributed by atoms with E-state index in [0.717, 1.165) is 5.56 Å². The van der Waals surface area contributed by atoms with Crippen molar-refractivity contribution in [3.8, 4) is 6.07 Å². The molecule has 1 aliphatic carbocycles. The van der Waals surface area contributed by atoms with Gasteiger partial charge in [0.05, 0.1) is 17.7 Å². The Morgan fingerprint density at radius 2 is 1.55 bits per heavy atom. The molecule has 5 heteroatoms. The summed E-state index contributed by atoms with van der Waals surface area (Å²) in [6.07, 6.45) is 5.05. The molecule has 3 aliphatic rings. The predicted octanol–water partition coefficient (Wildman–Crippen LogP) is 4.48. The molecule has 1 spiro atoms. The molecule has 2 aliphatic heterocycles. The van der Waals surface area contributed by atoms with E-state index < -0.39 is 28.8 Å². The van der Waals surface area contributed by atoms with Gasteiger partial charge in [0.15, 0.2) is 17.3 Å². The number of fused-ring (bicyclic) bond motifs is 3. The van der Waals surface area contributed by atoms with Crippen LogP contribution < -0.4 is 0 Å². The Kier molecular flexibility index (Phi) is 4.54. The SMILES string of the molecule is CC(C)(C)C(=O)[C@H]1[C@H](c2ccccc2)C2(C(=O)c3ccccc3C2=O)[C@@H]2C=CC(C#N)=CN21. The summed E-state index contributed by atoms with van der Waals surface area (Å²) in [4.78, 5) is 44.0. The van der Waals surface area contributed by atoms with Crippen molar-refractivity contribution in [2.24, 2.45) is 10.8 Å². The van der Waals surface area contributed by atoms with Gasteiger partial charge in [-0.15, -0.1) is 0 Å². The van der Waals surface area contributed by atoms with Crippen LogP contribution in [-0.4, -0.2) is 34.3 Å². The molecule has 1 saturated heterocycles. The number of hydrogen-bond donors (Lipinski definition) is 0. The minimum Gasteiger partial charge on any atom is -0.358 e. The van der Waals surface area contributed by atoms with Crippen LogP contribution in [0.1, 0.15) is 53.0 Å². The van der Waals surface area contributed by atoms with E-state index >= 15 is 0 Å². The molecule has 1 fully saturated rings. The van der Waals surface area contributed by atoms with Crippen LogP contribution in [0.3, 0.4) is 0 Å². The Balaban J connectivity index is 1.84. The lowest BCUT2D eigenvalue weighted by Gasteiger charge is -2.34. The van der Waals surface area contributed by atoms with E-state index in [1.807, 2.05) is 51.1 Å². The number of hydrogen-bond acceptors (Lipinski definition) is 5. The molecule has 5 rings (SSSR count). The fourth-order valence-electron chi connectivity index (χ4n) is 5.70. The van der Waals surface area contributed by atoms with Gasteiger partial charge in [-0.3, -0.25) is 14.4 Å². The second kappa shape index (κ2) is 7.11. The number of carbonyl (C=O) groups is 3. The monoisotopic (exact) mass is 436 g/mol. The third kappa shape index (κ3) is 2.74. The normalized spacial score (nSPS) is 25.0. The molecule has 0 unspecified atom stereocenters. The largest absolute Gasteiger partial charge is 0.358 e. The average Bonchev–Trinajstić information content (AvgIpc) is 3.24.